The first kappa shape index (κ1) is 32.8. The Morgan fingerprint density at radius 1 is 0.720 bits per heavy atom. The monoisotopic (exact) mass is 683 g/mol. The van der Waals surface area contributed by atoms with Gasteiger partial charge in [0.1, 0.15) is 0 Å². The van der Waals surface area contributed by atoms with Crippen molar-refractivity contribution in [1.29, 1.82) is 0 Å². The SMILES string of the molecule is O=C(Nc1ccc(C(=O)N2CCN(C3CC3)CC2)cc1)Nc1ccc(-c2nc(N3CC4CCC(C3)O4)nc(N3[C@H](CO)CC[C@@H]3CO)n2)cc1. The molecule has 14 heteroatoms. The molecule has 4 atom stereocenters. The maximum Gasteiger partial charge on any atom is 0.323 e. The third kappa shape index (κ3) is 6.97. The molecule has 8 rings (SSSR count). The van der Waals surface area contributed by atoms with E-state index >= 15 is 0 Å². The van der Waals surface area contributed by atoms with Gasteiger partial charge in [0.2, 0.25) is 11.9 Å². The van der Waals surface area contributed by atoms with E-state index in [1.54, 1.807) is 36.4 Å². The van der Waals surface area contributed by atoms with Crippen LogP contribution in [0.5, 0.6) is 0 Å². The number of hydrogen-bond donors (Lipinski definition) is 4. The smallest absolute Gasteiger partial charge is 0.323 e. The van der Waals surface area contributed by atoms with Gasteiger partial charge < -0.3 is 40.3 Å². The zero-order valence-electron chi connectivity index (χ0n) is 28.2. The van der Waals surface area contributed by atoms with E-state index < -0.39 is 6.03 Å². The second kappa shape index (κ2) is 14.1. The van der Waals surface area contributed by atoms with Crippen LogP contribution in [0.15, 0.2) is 48.5 Å². The van der Waals surface area contributed by atoms with Gasteiger partial charge in [-0.1, -0.05) is 0 Å². The maximum atomic E-state index is 13.0. The number of carbonyl (C=O) groups excluding carboxylic acids is 2. The Bertz CT molecular complexity index is 1660. The number of benzene rings is 2. The third-order valence-electron chi connectivity index (χ3n) is 10.7. The quantitative estimate of drug-likeness (QED) is 0.263. The number of urea groups is 1. The van der Waals surface area contributed by atoms with Crippen LogP contribution in [0.2, 0.25) is 0 Å². The average Bonchev–Trinajstić information content (AvgIpc) is 3.83. The van der Waals surface area contributed by atoms with E-state index in [-0.39, 0.29) is 43.4 Å². The second-order valence-corrected chi connectivity index (χ2v) is 14.1. The molecule has 14 nitrogen and oxygen atoms in total. The summed E-state index contributed by atoms with van der Waals surface area (Å²) in [5, 5.41) is 25.9. The lowest BCUT2D eigenvalue weighted by molar-refractivity contribution is 0.0299. The first-order chi connectivity index (χ1) is 24.4. The minimum absolute atomic E-state index is 0.0212. The van der Waals surface area contributed by atoms with Crippen molar-refractivity contribution in [2.75, 3.05) is 72.9 Å². The number of fused-ring (bicyclic) bond motifs is 2. The number of aliphatic hydroxyl groups is 2. The summed E-state index contributed by atoms with van der Waals surface area (Å²) < 4.78 is 6.05. The van der Waals surface area contributed by atoms with Gasteiger partial charge >= 0.3 is 6.03 Å². The minimum Gasteiger partial charge on any atom is -0.394 e. The van der Waals surface area contributed by atoms with Crippen LogP contribution in [0.3, 0.4) is 0 Å². The van der Waals surface area contributed by atoms with E-state index in [0.29, 0.717) is 47.7 Å². The molecule has 4 aliphatic heterocycles. The molecule has 3 aromatic rings. The summed E-state index contributed by atoms with van der Waals surface area (Å²) >= 11 is 0. The Morgan fingerprint density at radius 2 is 1.30 bits per heavy atom. The highest BCUT2D eigenvalue weighted by atomic mass is 16.5. The van der Waals surface area contributed by atoms with Crippen molar-refractivity contribution in [3.63, 3.8) is 0 Å². The lowest BCUT2D eigenvalue weighted by Crippen LogP contribution is -2.49. The average molecular weight is 684 g/mol. The van der Waals surface area contributed by atoms with E-state index in [0.717, 1.165) is 63.5 Å². The van der Waals surface area contributed by atoms with Crippen LogP contribution < -0.4 is 20.4 Å². The summed E-state index contributed by atoms with van der Waals surface area (Å²) in [7, 11) is 0. The van der Waals surface area contributed by atoms with Gasteiger partial charge in [0.15, 0.2) is 5.82 Å². The van der Waals surface area contributed by atoms with E-state index in [9.17, 15) is 19.8 Å². The molecule has 5 heterocycles. The second-order valence-electron chi connectivity index (χ2n) is 14.1. The zero-order valence-corrected chi connectivity index (χ0v) is 28.2. The number of anilines is 4. The fourth-order valence-corrected chi connectivity index (χ4v) is 7.77. The Hall–Kier alpha value is -4.37. The topological polar surface area (TPSA) is 160 Å². The lowest BCUT2D eigenvalue weighted by atomic mass is 10.1. The minimum atomic E-state index is -0.404. The molecule has 1 aromatic heterocycles. The highest BCUT2D eigenvalue weighted by Crippen LogP contribution is 2.33. The van der Waals surface area contributed by atoms with Gasteiger partial charge in [-0.25, -0.2) is 4.79 Å². The highest BCUT2D eigenvalue weighted by Gasteiger charge is 2.38. The predicted molar refractivity (Wildman–Crippen MR) is 188 cm³/mol. The lowest BCUT2D eigenvalue weighted by Gasteiger charge is -2.34. The standard InChI is InChI=1S/C36H45N9O5/c46-21-28-11-12-29(22-47)45(28)35-40-32(39-34(41-35)44-19-30-13-14-31(20-44)50-30)23-1-5-25(6-2-23)37-36(49)38-26-7-3-24(4-8-26)33(48)43-17-15-42(16-18-43)27-9-10-27/h1-8,27-31,46-47H,9-22H2,(H2,37,38,49)/t28-,29+,30?,31?. The Labute approximate surface area is 291 Å². The van der Waals surface area contributed by atoms with Crippen LogP contribution in [0.4, 0.5) is 28.1 Å². The van der Waals surface area contributed by atoms with Gasteiger partial charge in [0, 0.05) is 67.8 Å². The number of ether oxygens (including phenoxy) is 1. The van der Waals surface area contributed by atoms with Gasteiger partial charge in [-0.3, -0.25) is 9.69 Å². The largest absolute Gasteiger partial charge is 0.394 e. The maximum absolute atomic E-state index is 13.0. The number of rotatable bonds is 9. The van der Waals surface area contributed by atoms with Crippen molar-refractivity contribution >= 4 is 35.2 Å². The predicted octanol–water partition coefficient (Wildman–Crippen LogP) is 2.79. The Kier molecular flexibility index (Phi) is 9.25. The first-order valence-electron chi connectivity index (χ1n) is 17.9. The number of nitrogens with zero attached hydrogens (tertiary/aromatic N) is 7. The summed E-state index contributed by atoms with van der Waals surface area (Å²) in [5.41, 5.74) is 2.52. The number of carbonyl (C=O) groups is 2. The molecule has 2 bridgehead atoms. The summed E-state index contributed by atoms with van der Waals surface area (Å²) in [6.07, 6.45) is 6.36. The third-order valence-corrected chi connectivity index (χ3v) is 10.7. The van der Waals surface area contributed by atoms with Gasteiger partial charge in [0.05, 0.1) is 37.5 Å². The summed E-state index contributed by atoms with van der Waals surface area (Å²) in [6, 6.07) is 14.2. The van der Waals surface area contributed by atoms with Crippen molar-refractivity contribution in [2.45, 2.75) is 68.9 Å². The number of morpholine rings is 1. The molecule has 2 aromatic carbocycles. The number of aromatic nitrogens is 3. The number of hydrogen-bond acceptors (Lipinski definition) is 11. The van der Waals surface area contributed by atoms with Crippen LogP contribution in [0.1, 0.15) is 48.9 Å². The summed E-state index contributed by atoms with van der Waals surface area (Å²) in [5.74, 6) is 1.48. The molecule has 3 amide bonds. The molecule has 5 fully saturated rings. The molecule has 4 N–H and O–H groups in total. The van der Waals surface area contributed by atoms with Crippen LogP contribution in [0.25, 0.3) is 11.4 Å². The molecule has 2 unspecified atom stereocenters. The van der Waals surface area contributed by atoms with Crippen molar-refractivity contribution in [2.24, 2.45) is 0 Å². The van der Waals surface area contributed by atoms with Crippen LogP contribution in [0, 0.1) is 0 Å². The molecular formula is C36H45N9O5. The molecule has 1 aliphatic carbocycles. The number of aliphatic hydroxyl groups excluding tert-OH is 2. The molecular weight excluding hydrogens is 638 g/mol. The Morgan fingerprint density at radius 3 is 1.88 bits per heavy atom. The summed E-state index contributed by atoms with van der Waals surface area (Å²) in [6.45, 7) is 4.62. The van der Waals surface area contributed by atoms with Crippen molar-refractivity contribution in [1.82, 2.24) is 24.8 Å². The number of piperazine rings is 1. The molecule has 4 saturated heterocycles. The van der Waals surface area contributed by atoms with Crippen molar-refractivity contribution in [3.05, 3.63) is 54.1 Å². The summed E-state index contributed by atoms with van der Waals surface area (Å²) in [4.78, 5) is 49.0. The molecule has 264 valence electrons. The normalized spacial score (nSPS) is 25.2. The van der Waals surface area contributed by atoms with E-state index in [1.807, 2.05) is 21.9 Å². The van der Waals surface area contributed by atoms with Gasteiger partial charge in [0.25, 0.3) is 5.91 Å². The number of amides is 3. The van der Waals surface area contributed by atoms with Crippen molar-refractivity contribution < 1.29 is 24.5 Å². The number of nitrogens with one attached hydrogen (secondary N) is 2. The molecule has 5 aliphatic rings. The van der Waals surface area contributed by atoms with Gasteiger partial charge in [-0.15, -0.1) is 0 Å². The molecule has 1 saturated carbocycles. The molecule has 0 spiro atoms. The molecule has 0 radical (unpaired) electrons. The van der Waals surface area contributed by atoms with E-state index in [4.69, 9.17) is 19.7 Å². The van der Waals surface area contributed by atoms with Gasteiger partial charge in [-0.2, -0.15) is 15.0 Å². The zero-order chi connectivity index (χ0) is 34.2. The first-order valence-corrected chi connectivity index (χ1v) is 17.9. The van der Waals surface area contributed by atoms with Gasteiger partial charge in [-0.05, 0) is 87.1 Å². The van der Waals surface area contributed by atoms with E-state index in [2.05, 4.69) is 20.4 Å². The van der Waals surface area contributed by atoms with Crippen molar-refractivity contribution in [3.8, 4) is 11.4 Å². The van der Waals surface area contributed by atoms with Crippen LogP contribution in [-0.4, -0.2) is 130 Å². The highest BCUT2D eigenvalue weighted by molar-refractivity contribution is 6.00. The van der Waals surface area contributed by atoms with Crippen LogP contribution >= 0.6 is 0 Å². The fourth-order valence-electron chi connectivity index (χ4n) is 7.77. The van der Waals surface area contributed by atoms with E-state index in [1.165, 1.54) is 12.8 Å². The molecule has 50 heavy (non-hydrogen) atoms. The Balaban J connectivity index is 0.934. The fraction of sp³-hybridized carbons (Fsp3) is 0.528. The van der Waals surface area contributed by atoms with Crippen LogP contribution in [-0.2, 0) is 4.74 Å².